The Morgan fingerprint density at radius 1 is 1.00 bits per heavy atom. The Morgan fingerprint density at radius 2 is 1.70 bits per heavy atom. The molecule has 0 spiro atoms. The molecule has 0 aliphatic heterocycles. The molecular weight excluding hydrogens is 286 g/mol. The molecule has 1 fully saturated rings. The first-order valence-electron chi connectivity index (χ1n) is 8.40. The molecule has 3 heteroatoms. The van der Waals surface area contributed by atoms with Crippen LogP contribution >= 0.6 is 0 Å². The van der Waals surface area contributed by atoms with Crippen LogP contribution in [0.3, 0.4) is 0 Å². The number of benzene rings is 2. The smallest absolute Gasteiger partial charge is 0.224 e. The molecule has 1 amide bonds. The van der Waals surface area contributed by atoms with Gasteiger partial charge in [-0.2, -0.15) is 0 Å². The van der Waals surface area contributed by atoms with Gasteiger partial charge in [-0.1, -0.05) is 30.3 Å². The molecule has 23 heavy (non-hydrogen) atoms. The van der Waals surface area contributed by atoms with Crippen molar-refractivity contribution in [1.82, 2.24) is 0 Å². The molecule has 1 aliphatic rings. The molecule has 0 aromatic heterocycles. The maximum Gasteiger partial charge on any atom is 0.224 e. The van der Waals surface area contributed by atoms with E-state index in [1.807, 2.05) is 54.6 Å². The Hall–Kier alpha value is -2.29. The number of ether oxygens (including phenoxy) is 1. The van der Waals surface area contributed by atoms with Crippen molar-refractivity contribution in [3.05, 3.63) is 60.2 Å². The highest BCUT2D eigenvalue weighted by molar-refractivity contribution is 5.90. The second kappa shape index (κ2) is 7.82. The lowest BCUT2D eigenvalue weighted by Gasteiger charge is -2.13. The second-order valence-electron chi connectivity index (χ2n) is 6.08. The highest BCUT2D eigenvalue weighted by Crippen LogP contribution is 2.25. The number of nitrogens with one attached hydrogen (secondary N) is 1. The summed E-state index contributed by atoms with van der Waals surface area (Å²) in [5, 5.41) is 2.94. The van der Waals surface area contributed by atoms with Crippen molar-refractivity contribution in [2.45, 2.75) is 44.6 Å². The van der Waals surface area contributed by atoms with Gasteiger partial charge in [0.25, 0.3) is 0 Å². The van der Waals surface area contributed by atoms with Gasteiger partial charge in [0.1, 0.15) is 5.75 Å². The molecule has 0 bridgehead atoms. The molecule has 1 aliphatic carbocycles. The summed E-state index contributed by atoms with van der Waals surface area (Å²) in [6, 6.07) is 17.8. The van der Waals surface area contributed by atoms with E-state index >= 15 is 0 Å². The summed E-state index contributed by atoms with van der Waals surface area (Å²) in [6.45, 7) is 0. The normalized spacial score (nSPS) is 14.6. The van der Waals surface area contributed by atoms with E-state index in [1.54, 1.807) is 0 Å². The van der Waals surface area contributed by atoms with Crippen LogP contribution in [0.4, 0.5) is 5.69 Å². The number of anilines is 1. The number of amides is 1. The summed E-state index contributed by atoms with van der Waals surface area (Å²) in [7, 11) is 0. The quantitative estimate of drug-likeness (QED) is 0.848. The van der Waals surface area contributed by atoms with Gasteiger partial charge < -0.3 is 10.1 Å². The van der Waals surface area contributed by atoms with Crippen molar-refractivity contribution in [1.29, 1.82) is 0 Å². The Kier molecular flexibility index (Phi) is 5.30. The minimum absolute atomic E-state index is 0.0401. The predicted octanol–water partition coefficient (Wildman–Crippen LogP) is 4.58. The third-order valence-corrected chi connectivity index (χ3v) is 4.23. The maximum atomic E-state index is 12.0. The molecule has 0 heterocycles. The zero-order valence-electron chi connectivity index (χ0n) is 13.3. The molecule has 1 saturated carbocycles. The van der Waals surface area contributed by atoms with Crippen molar-refractivity contribution >= 4 is 11.6 Å². The van der Waals surface area contributed by atoms with Gasteiger partial charge in [0.05, 0.1) is 6.10 Å². The number of carbonyl (C=O) groups is 1. The van der Waals surface area contributed by atoms with E-state index in [4.69, 9.17) is 4.74 Å². The molecule has 1 N–H and O–H groups in total. The standard InChI is InChI=1S/C20H23NO2/c22-20(15-10-16-6-2-1-3-7-16)21-17-11-13-19(14-12-17)23-18-8-4-5-9-18/h1-3,6-7,11-14,18H,4-5,8-10,15H2,(H,21,22). The van der Waals surface area contributed by atoms with Crippen molar-refractivity contribution in [2.75, 3.05) is 5.32 Å². The molecule has 2 aromatic carbocycles. The van der Waals surface area contributed by atoms with E-state index < -0.39 is 0 Å². The van der Waals surface area contributed by atoms with Crippen molar-refractivity contribution in [3.63, 3.8) is 0 Å². The van der Waals surface area contributed by atoms with E-state index in [0.717, 1.165) is 30.7 Å². The highest BCUT2D eigenvalue weighted by Gasteiger charge is 2.16. The Balaban J connectivity index is 1.46. The number of hydrogen-bond acceptors (Lipinski definition) is 2. The van der Waals surface area contributed by atoms with Crippen LogP contribution in [0.15, 0.2) is 54.6 Å². The molecule has 0 radical (unpaired) electrons. The largest absolute Gasteiger partial charge is 0.490 e. The number of rotatable bonds is 6. The van der Waals surface area contributed by atoms with Crippen LogP contribution in [0.5, 0.6) is 5.75 Å². The Labute approximate surface area is 137 Å². The topological polar surface area (TPSA) is 38.3 Å². The minimum Gasteiger partial charge on any atom is -0.490 e. The summed E-state index contributed by atoms with van der Waals surface area (Å²) in [5.74, 6) is 0.928. The van der Waals surface area contributed by atoms with Crippen LogP contribution in [0.1, 0.15) is 37.7 Å². The first kappa shape index (κ1) is 15.6. The number of carbonyl (C=O) groups excluding carboxylic acids is 1. The molecule has 0 unspecified atom stereocenters. The lowest BCUT2D eigenvalue weighted by molar-refractivity contribution is -0.116. The molecule has 0 saturated heterocycles. The van der Waals surface area contributed by atoms with Crippen molar-refractivity contribution in [3.8, 4) is 5.75 Å². The fraction of sp³-hybridized carbons (Fsp3) is 0.350. The van der Waals surface area contributed by atoms with E-state index in [1.165, 1.54) is 18.4 Å². The van der Waals surface area contributed by atoms with Crippen LogP contribution in [0, 0.1) is 0 Å². The Morgan fingerprint density at radius 3 is 2.39 bits per heavy atom. The Bertz CT molecular complexity index is 616. The first-order chi connectivity index (χ1) is 11.3. The molecule has 120 valence electrons. The van der Waals surface area contributed by atoms with Gasteiger partial charge in [-0.3, -0.25) is 4.79 Å². The molecule has 2 aromatic rings. The van der Waals surface area contributed by atoms with Crippen LogP contribution in [-0.4, -0.2) is 12.0 Å². The summed E-state index contributed by atoms with van der Waals surface area (Å²) < 4.78 is 5.93. The van der Waals surface area contributed by atoms with Gasteiger partial charge in [-0.25, -0.2) is 0 Å². The fourth-order valence-corrected chi connectivity index (χ4v) is 2.94. The van der Waals surface area contributed by atoms with Gasteiger partial charge in [0.2, 0.25) is 5.91 Å². The van der Waals surface area contributed by atoms with Crippen LogP contribution < -0.4 is 10.1 Å². The lowest BCUT2D eigenvalue weighted by Crippen LogP contribution is -2.13. The summed E-state index contributed by atoms with van der Waals surface area (Å²) >= 11 is 0. The fourth-order valence-electron chi connectivity index (χ4n) is 2.94. The number of aryl methyl sites for hydroxylation is 1. The second-order valence-corrected chi connectivity index (χ2v) is 6.08. The van der Waals surface area contributed by atoms with E-state index in [9.17, 15) is 4.79 Å². The summed E-state index contributed by atoms with van der Waals surface area (Å²) in [5.41, 5.74) is 2.00. The average molecular weight is 309 g/mol. The van der Waals surface area contributed by atoms with Crippen LogP contribution in [0.25, 0.3) is 0 Å². The van der Waals surface area contributed by atoms with Gasteiger partial charge in [-0.05, 0) is 61.9 Å². The van der Waals surface area contributed by atoms with Gasteiger partial charge in [0.15, 0.2) is 0 Å². The van der Waals surface area contributed by atoms with E-state index in [0.29, 0.717) is 12.5 Å². The molecular formula is C20H23NO2. The third-order valence-electron chi connectivity index (χ3n) is 4.23. The van der Waals surface area contributed by atoms with Crippen LogP contribution in [-0.2, 0) is 11.2 Å². The van der Waals surface area contributed by atoms with Crippen LogP contribution in [0.2, 0.25) is 0 Å². The first-order valence-corrected chi connectivity index (χ1v) is 8.40. The maximum absolute atomic E-state index is 12.0. The summed E-state index contributed by atoms with van der Waals surface area (Å²) in [6.07, 6.45) is 6.44. The zero-order valence-corrected chi connectivity index (χ0v) is 13.3. The van der Waals surface area contributed by atoms with E-state index in [2.05, 4.69) is 5.32 Å². The van der Waals surface area contributed by atoms with Crippen molar-refractivity contribution < 1.29 is 9.53 Å². The molecule has 3 rings (SSSR count). The van der Waals surface area contributed by atoms with Gasteiger partial charge >= 0.3 is 0 Å². The van der Waals surface area contributed by atoms with Gasteiger partial charge in [-0.15, -0.1) is 0 Å². The predicted molar refractivity (Wildman–Crippen MR) is 92.7 cm³/mol. The van der Waals surface area contributed by atoms with Gasteiger partial charge in [0, 0.05) is 12.1 Å². The average Bonchev–Trinajstić information content (AvgIpc) is 3.09. The van der Waals surface area contributed by atoms with E-state index in [-0.39, 0.29) is 5.91 Å². The van der Waals surface area contributed by atoms with Crippen molar-refractivity contribution in [2.24, 2.45) is 0 Å². The molecule has 3 nitrogen and oxygen atoms in total. The zero-order chi connectivity index (χ0) is 15.9. The third kappa shape index (κ3) is 4.85. The number of hydrogen-bond donors (Lipinski definition) is 1. The minimum atomic E-state index is 0.0401. The summed E-state index contributed by atoms with van der Waals surface area (Å²) in [4.78, 5) is 12.0. The molecule has 0 atom stereocenters. The lowest BCUT2D eigenvalue weighted by atomic mass is 10.1. The highest BCUT2D eigenvalue weighted by atomic mass is 16.5. The SMILES string of the molecule is O=C(CCc1ccccc1)Nc1ccc(OC2CCCC2)cc1. The monoisotopic (exact) mass is 309 g/mol.